The standard InChI is InChI=1S/C12H16BrNOS/c1-8-10(13)6-5-9(7-14-15)11(8)16-12(2,3)4/h5-7,15H,1-4H3. The van der Waals surface area contributed by atoms with Gasteiger partial charge < -0.3 is 5.21 Å². The second-order valence-electron chi connectivity index (χ2n) is 4.55. The lowest BCUT2D eigenvalue weighted by Crippen LogP contribution is -2.08. The molecule has 0 fully saturated rings. The van der Waals surface area contributed by atoms with Crippen molar-refractivity contribution in [1.82, 2.24) is 0 Å². The summed E-state index contributed by atoms with van der Waals surface area (Å²) in [7, 11) is 0. The van der Waals surface area contributed by atoms with Crippen molar-refractivity contribution in [2.75, 3.05) is 0 Å². The third-order valence-corrected chi connectivity index (χ3v) is 4.19. The molecule has 1 N–H and O–H groups in total. The van der Waals surface area contributed by atoms with Gasteiger partial charge in [0.2, 0.25) is 0 Å². The molecule has 0 aliphatic carbocycles. The van der Waals surface area contributed by atoms with E-state index in [4.69, 9.17) is 5.21 Å². The Kier molecular flexibility index (Phi) is 4.44. The average molecular weight is 302 g/mol. The highest BCUT2D eigenvalue weighted by atomic mass is 79.9. The van der Waals surface area contributed by atoms with Gasteiger partial charge in [-0.05, 0) is 18.6 Å². The van der Waals surface area contributed by atoms with Crippen molar-refractivity contribution >= 4 is 33.9 Å². The van der Waals surface area contributed by atoms with Crippen LogP contribution in [0.25, 0.3) is 0 Å². The van der Waals surface area contributed by atoms with E-state index in [1.54, 1.807) is 11.8 Å². The second kappa shape index (κ2) is 5.23. The summed E-state index contributed by atoms with van der Waals surface area (Å²) in [6.45, 7) is 8.56. The number of nitrogens with zero attached hydrogens (tertiary/aromatic N) is 1. The molecule has 2 nitrogen and oxygen atoms in total. The summed E-state index contributed by atoms with van der Waals surface area (Å²) < 4.78 is 1.21. The molecule has 0 saturated carbocycles. The molecule has 0 bridgehead atoms. The van der Waals surface area contributed by atoms with E-state index in [-0.39, 0.29) is 4.75 Å². The molecule has 0 atom stereocenters. The highest BCUT2D eigenvalue weighted by Gasteiger charge is 2.17. The highest BCUT2D eigenvalue weighted by molar-refractivity contribution is 9.10. The van der Waals surface area contributed by atoms with E-state index >= 15 is 0 Å². The molecule has 0 aromatic heterocycles. The van der Waals surface area contributed by atoms with Crippen LogP contribution in [0.1, 0.15) is 31.9 Å². The molecule has 1 rings (SSSR count). The smallest absolute Gasteiger partial charge is 0.0745 e. The van der Waals surface area contributed by atoms with Gasteiger partial charge in [-0.15, -0.1) is 11.8 Å². The summed E-state index contributed by atoms with van der Waals surface area (Å²) in [5.41, 5.74) is 2.13. The first-order valence-corrected chi connectivity index (χ1v) is 6.61. The van der Waals surface area contributed by atoms with Crippen LogP contribution in [-0.2, 0) is 0 Å². The summed E-state index contributed by atoms with van der Waals surface area (Å²) >= 11 is 5.29. The maximum Gasteiger partial charge on any atom is 0.0745 e. The Morgan fingerprint density at radius 1 is 1.38 bits per heavy atom. The number of rotatable bonds is 2. The molecular formula is C12H16BrNOS. The first-order chi connectivity index (χ1) is 7.35. The zero-order chi connectivity index (χ0) is 12.3. The molecule has 88 valence electrons. The Morgan fingerprint density at radius 2 is 2.00 bits per heavy atom. The predicted molar refractivity (Wildman–Crippen MR) is 73.9 cm³/mol. The van der Waals surface area contributed by atoms with Gasteiger partial charge in [0.05, 0.1) is 6.21 Å². The Labute approximate surface area is 109 Å². The fourth-order valence-electron chi connectivity index (χ4n) is 1.29. The molecule has 0 amide bonds. The molecule has 4 heteroatoms. The number of thioether (sulfide) groups is 1. The predicted octanol–water partition coefficient (Wildman–Crippen LogP) is 4.46. The maximum absolute atomic E-state index is 8.65. The monoisotopic (exact) mass is 301 g/mol. The first kappa shape index (κ1) is 13.6. The van der Waals surface area contributed by atoms with E-state index in [1.807, 2.05) is 12.1 Å². The normalized spacial score (nSPS) is 12.3. The highest BCUT2D eigenvalue weighted by Crippen LogP contribution is 2.38. The number of benzene rings is 1. The van der Waals surface area contributed by atoms with Gasteiger partial charge in [-0.2, -0.15) is 0 Å². The molecule has 0 radical (unpaired) electrons. The minimum atomic E-state index is 0.129. The van der Waals surface area contributed by atoms with Crippen LogP contribution in [0.5, 0.6) is 0 Å². The van der Waals surface area contributed by atoms with E-state index in [1.165, 1.54) is 11.8 Å². The lowest BCUT2D eigenvalue weighted by Gasteiger charge is -2.21. The van der Waals surface area contributed by atoms with Crippen molar-refractivity contribution in [1.29, 1.82) is 0 Å². The zero-order valence-corrected chi connectivity index (χ0v) is 12.3. The summed E-state index contributed by atoms with van der Waals surface area (Å²) in [6.07, 6.45) is 1.48. The van der Waals surface area contributed by atoms with E-state index in [0.717, 1.165) is 14.9 Å². The fraction of sp³-hybridized carbons (Fsp3) is 0.417. The van der Waals surface area contributed by atoms with Crippen molar-refractivity contribution in [2.24, 2.45) is 5.16 Å². The van der Waals surface area contributed by atoms with Crippen LogP contribution in [0.2, 0.25) is 0 Å². The van der Waals surface area contributed by atoms with E-state index in [9.17, 15) is 0 Å². The van der Waals surface area contributed by atoms with Gasteiger partial charge in [-0.25, -0.2) is 0 Å². The maximum atomic E-state index is 8.65. The molecule has 0 heterocycles. The van der Waals surface area contributed by atoms with E-state index in [2.05, 4.69) is 48.8 Å². The van der Waals surface area contributed by atoms with Crippen LogP contribution in [0.3, 0.4) is 0 Å². The van der Waals surface area contributed by atoms with Crippen LogP contribution in [0.4, 0.5) is 0 Å². The van der Waals surface area contributed by atoms with Crippen molar-refractivity contribution in [3.8, 4) is 0 Å². The SMILES string of the molecule is Cc1c(Br)ccc(C=NO)c1SC(C)(C)C. The first-order valence-electron chi connectivity index (χ1n) is 5.00. The van der Waals surface area contributed by atoms with Crippen molar-refractivity contribution in [3.05, 3.63) is 27.7 Å². The number of halogens is 1. The second-order valence-corrected chi connectivity index (χ2v) is 7.24. The van der Waals surface area contributed by atoms with Crippen LogP contribution < -0.4 is 0 Å². The lowest BCUT2D eigenvalue weighted by atomic mass is 10.1. The quantitative estimate of drug-likeness (QED) is 0.379. The minimum absolute atomic E-state index is 0.129. The number of hydrogen-bond donors (Lipinski definition) is 1. The minimum Gasteiger partial charge on any atom is -0.411 e. The topological polar surface area (TPSA) is 32.6 Å². The Balaban J connectivity index is 3.26. The molecule has 16 heavy (non-hydrogen) atoms. The molecule has 0 unspecified atom stereocenters. The van der Waals surface area contributed by atoms with Crippen molar-refractivity contribution < 1.29 is 5.21 Å². The van der Waals surface area contributed by atoms with Crippen molar-refractivity contribution in [3.63, 3.8) is 0 Å². The Morgan fingerprint density at radius 3 is 2.50 bits per heavy atom. The summed E-state index contributed by atoms with van der Waals surface area (Å²) in [5.74, 6) is 0. The van der Waals surface area contributed by atoms with Crippen LogP contribution in [-0.4, -0.2) is 16.2 Å². The molecular weight excluding hydrogens is 286 g/mol. The van der Waals surface area contributed by atoms with Gasteiger partial charge in [0, 0.05) is 19.7 Å². The average Bonchev–Trinajstić information content (AvgIpc) is 2.16. The summed E-state index contributed by atoms with van der Waals surface area (Å²) in [6, 6.07) is 3.92. The number of oxime groups is 1. The van der Waals surface area contributed by atoms with Gasteiger partial charge in [0.1, 0.15) is 0 Å². The van der Waals surface area contributed by atoms with Gasteiger partial charge in [0.15, 0.2) is 0 Å². The molecule has 0 aliphatic rings. The largest absolute Gasteiger partial charge is 0.411 e. The molecule has 0 saturated heterocycles. The Bertz CT molecular complexity index is 410. The molecule has 1 aromatic rings. The third-order valence-electron chi connectivity index (χ3n) is 1.98. The van der Waals surface area contributed by atoms with Gasteiger partial charge in [-0.3, -0.25) is 0 Å². The van der Waals surface area contributed by atoms with Crippen LogP contribution >= 0.6 is 27.7 Å². The van der Waals surface area contributed by atoms with Crippen molar-refractivity contribution in [2.45, 2.75) is 37.3 Å². The zero-order valence-electron chi connectivity index (χ0n) is 9.91. The molecule has 1 aromatic carbocycles. The number of hydrogen-bond acceptors (Lipinski definition) is 3. The van der Waals surface area contributed by atoms with Gasteiger partial charge >= 0.3 is 0 Å². The third kappa shape index (κ3) is 3.52. The fourth-order valence-corrected chi connectivity index (χ4v) is 2.87. The summed E-state index contributed by atoms with van der Waals surface area (Å²) in [5, 5.41) is 11.8. The van der Waals surface area contributed by atoms with Gasteiger partial charge in [0.25, 0.3) is 0 Å². The lowest BCUT2D eigenvalue weighted by molar-refractivity contribution is 0.321. The van der Waals surface area contributed by atoms with E-state index in [0.29, 0.717) is 0 Å². The summed E-state index contributed by atoms with van der Waals surface area (Å²) in [4.78, 5) is 1.15. The van der Waals surface area contributed by atoms with Gasteiger partial charge in [-0.1, -0.05) is 47.9 Å². The van der Waals surface area contributed by atoms with E-state index < -0.39 is 0 Å². The Hall–Kier alpha value is -0.480. The molecule has 0 aliphatic heterocycles. The van der Waals surface area contributed by atoms with Crippen LogP contribution in [0.15, 0.2) is 26.7 Å². The molecule has 0 spiro atoms. The van der Waals surface area contributed by atoms with Crippen LogP contribution in [0, 0.1) is 6.92 Å².